The summed E-state index contributed by atoms with van der Waals surface area (Å²) in [5.41, 5.74) is 0. The van der Waals surface area contributed by atoms with Crippen LogP contribution in [0.3, 0.4) is 0 Å². The highest BCUT2D eigenvalue weighted by Crippen LogP contribution is 2.31. The first-order valence-electron chi connectivity index (χ1n) is 7.17. The van der Waals surface area contributed by atoms with E-state index >= 15 is 0 Å². The maximum atomic E-state index is 12.0. The standard InChI is InChI=1S/C14H22N4O3/c1-17-7-6-15-12(17)9-18(2)14(21)16-8-10-4-3-5-11(10)13(19)20/h6-7,10-11H,3-5,8-9H2,1-2H3,(H,16,21)(H,19,20). The minimum Gasteiger partial charge on any atom is -0.481 e. The highest BCUT2D eigenvalue weighted by molar-refractivity contribution is 5.74. The summed E-state index contributed by atoms with van der Waals surface area (Å²) in [6.07, 6.45) is 6.01. The Morgan fingerprint density at radius 2 is 2.29 bits per heavy atom. The van der Waals surface area contributed by atoms with Gasteiger partial charge in [-0.2, -0.15) is 0 Å². The van der Waals surface area contributed by atoms with Crippen molar-refractivity contribution in [2.45, 2.75) is 25.8 Å². The summed E-state index contributed by atoms with van der Waals surface area (Å²) in [5, 5.41) is 12.0. The van der Waals surface area contributed by atoms with Crippen molar-refractivity contribution in [2.24, 2.45) is 18.9 Å². The molecule has 1 aromatic rings. The Hall–Kier alpha value is -2.05. The molecule has 1 heterocycles. The summed E-state index contributed by atoms with van der Waals surface area (Å²) in [5.74, 6) is -0.247. The van der Waals surface area contributed by atoms with Crippen LogP contribution in [-0.2, 0) is 18.4 Å². The summed E-state index contributed by atoms with van der Waals surface area (Å²) < 4.78 is 1.86. The monoisotopic (exact) mass is 294 g/mol. The van der Waals surface area contributed by atoms with Gasteiger partial charge < -0.3 is 19.9 Å². The zero-order valence-electron chi connectivity index (χ0n) is 12.5. The van der Waals surface area contributed by atoms with Crippen LogP contribution >= 0.6 is 0 Å². The molecule has 116 valence electrons. The Balaban J connectivity index is 1.81. The molecule has 0 spiro atoms. The number of carboxylic acid groups (broad SMARTS) is 1. The van der Waals surface area contributed by atoms with E-state index in [4.69, 9.17) is 5.11 Å². The van der Waals surface area contributed by atoms with Gasteiger partial charge in [-0.15, -0.1) is 0 Å². The molecule has 2 unspecified atom stereocenters. The van der Waals surface area contributed by atoms with Crippen LogP contribution in [-0.4, -0.2) is 45.2 Å². The number of amides is 2. The Morgan fingerprint density at radius 3 is 2.90 bits per heavy atom. The number of carbonyl (C=O) groups is 2. The number of aliphatic carboxylic acids is 1. The van der Waals surface area contributed by atoms with Gasteiger partial charge in [-0.3, -0.25) is 4.79 Å². The molecule has 0 saturated heterocycles. The number of rotatable bonds is 5. The number of hydrogen-bond donors (Lipinski definition) is 2. The van der Waals surface area contributed by atoms with Crippen molar-refractivity contribution in [2.75, 3.05) is 13.6 Å². The van der Waals surface area contributed by atoms with Crippen molar-refractivity contribution < 1.29 is 14.7 Å². The molecule has 2 N–H and O–H groups in total. The lowest BCUT2D eigenvalue weighted by Gasteiger charge is -2.21. The zero-order valence-corrected chi connectivity index (χ0v) is 12.5. The fourth-order valence-electron chi connectivity index (χ4n) is 2.79. The van der Waals surface area contributed by atoms with E-state index in [1.165, 1.54) is 0 Å². The van der Waals surface area contributed by atoms with Crippen molar-refractivity contribution in [1.82, 2.24) is 19.8 Å². The van der Waals surface area contributed by atoms with E-state index in [1.807, 2.05) is 17.8 Å². The van der Waals surface area contributed by atoms with Gasteiger partial charge in [0, 0.05) is 33.0 Å². The van der Waals surface area contributed by atoms with Gasteiger partial charge in [0.2, 0.25) is 0 Å². The lowest BCUT2D eigenvalue weighted by Crippen LogP contribution is -2.40. The fraction of sp³-hybridized carbons (Fsp3) is 0.643. The predicted octanol–water partition coefficient (Wildman–Crippen LogP) is 1.06. The van der Waals surface area contributed by atoms with E-state index in [0.29, 0.717) is 19.5 Å². The number of carboxylic acids is 1. The van der Waals surface area contributed by atoms with Crippen LogP contribution in [0.4, 0.5) is 4.79 Å². The second-order valence-electron chi connectivity index (χ2n) is 5.63. The minimum atomic E-state index is -0.756. The number of aryl methyl sites for hydroxylation is 1. The molecule has 1 aromatic heterocycles. The van der Waals surface area contributed by atoms with Crippen LogP contribution in [0.15, 0.2) is 12.4 Å². The fourth-order valence-corrected chi connectivity index (χ4v) is 2.79. The summed E-state index contributed by atoms with van der Waals surface area (Å²) in [6.45, 7) is 0.836. The average molecular weight is 294 g/mol. The number of carbonyl (C=O) groups excluding carboxylic acids is 1. The molecule has 0 aromatic carbocycles. The Kier molecular flexibility index (Phi) is 4.82. The summed E-state index contributed by atoms with van der Waals surface area (Å²) >= 11 is 0. The molecule has 1 aliphatic rings. The average Bonchev–Trinajstić information content (AvgIpc) is 3.05. The van der Waals surface area contributed by atoms with Crippen molar-refractivity contribution in [3.63, 3.8) is 0 Å². The van der Waals surface area contributed by atoms with Crippen molar-refractivity contribution in [3.05, 3.63) is 18.2 Å². The molecule has 21 heavy (non-hydrogen) atoms. The Labute approximate surface area is 124 Å². The maximum absolute atomic E-state index is 12.0. The van der Waals surface area contributed by atoms with Gasteiger partial charge in [0.05, 0.1) is 12.5 Å². The number of nitrogens with zero attached hydrogens (tertiary/aromatic N) is 3. The zero-order chi connectivity index (χ0) is 15.4. The third-order valence-electron chi connectivity index (χ3n) is 4.14. The second kappa shape index (κ2) is 6.60. The molecule has 0 bridgehead atoms. The van der Waals surface area contributed by atoms with Crippen LogP contribution in [0.25, 0.3) is 0 Å². The van der Waals surface area contributed by atoms with Gasteiger partial charge in [0.25, 0.3) is 0 Å². The SMILES string of the molecule is CN(Cc1nccn1C)C(=O)NCC1CCCC1C(=O)O. The highest BCUT2D eigenvalue weighted by atomic mass is 16.4. The van der Waals surface area contributed by atoms with Crippen molar-refractivity contribution in [3.8, 4) is 0 Å². The number of aromatic nitrogens is 2. The van der Waals surface area contributed by atoms with E-state index in [0.717, 1.165) is 18.7 Å². The molecule has 2 amide bonds. The number of urea groups is 1. The Morgan fingerprint density at radius 1 is 1.52 bits per heavy atom. The first kappa shape index (κ1) is 15.3. The van der Waals surface area contributed by atoms with Gasteiger partial charge in [-0.05, 0) is 18.8 Å². The number of imidazole rings is 1. The number of nitrogens with one attached hydrogen (secondary N) is 1. The molecule has 7 heteroatoms. The molecule has 1 fully saturated rings. The largest absolute Gasteiger partial charge is 0.481 e. The Bertz CT molecular complexity index is 514. The predicted molar refractivity (Wildman–Crippen MR) is 76.5 cm³/mol. The molecule has 1 aliphatic carbocycles. The molecule has 1 saturated carbocycles. The smallest absolute Gasteiger partial charge is 0.317 e. The van der Waals surface area contributed by atoms with Crippen LogP contribution in [0.1, 0.15) is 25.1 Å². The van der Waals surface area contributed by atoms with E-state index in [2.05, 4.69) is 10.3 Å². The molecule has 7 nitrogen and oxygen atoms in total. The quantitative estimate of drug-likeness (QED) is 0.850. The van der Waals surface area contributed by atoms with Crippen molar-refractivity contribution in [1.29, 1.82) is 0 Å². The van der Waals surface area contributed by atoms with E-state index < -0.39 is 5.97 Å². The van der Waals surface area contributed by atoms with Crippen LogP contribution in [0.5, 0.6) is 0 Å². The molecule has 2 atom stereocenters. The van der Waals surface area contributed by atoms with Gasteiger partial charge in [-0.1, -0.05) is 6.42 Å². The van der Waals surface area contributed by atoms with Gasteiger partial charge >= 0.3 is 12.0 Å². The van der Waals surface area contributed by atoms with E-state index in [9.17, 15) is 9.59 Å². The lowest BCUT2D eigenvalue weighted by molar-refractivity contribution is -0.142. The van der Waals surface area contributed by atoms with Crippen LogP contribution < -0.4 is 5.32 Å². The van der Waals surface area contributed by atoms with Crippen LogP contribution in [0.2, 0.25) is 0 Å². The van der Waals surface area contributed by atoms with E-state index in [1.54, 1.807) is 18.1 Å². The molecule has 0 radical (unpaired) electrons. The highest BCUT2D eigenvalue weighted by Gasteiger charge is 2.33. The first-order chi connectivity index (χ1) is 9.99. The molecular weight excluding hydrogens is 272 g/mol. The topological polar surface area (TPSA) is 87.5 Å². The first-order valence-corrected chi connectivity index (χ1v) is 7.17. The van der Waals surface area contributed by atoms with Crippen molar-refractivity contribution >= 4 is 12.0 Å². The normalized spacial score (nSPS) is 21.2. The second-order valence-corrected chi connectivity index (χ2v) is 5.63. The summed E-state index contributed by atoms with van der Waals surface area (Å²) in [4.78, 5) is 28.9. The van der Waals surface area contributed by atoms with Gasteiger partial charge in [0.1, 0.15) is 5.82 Å². The van der Waals surface area contributed by atoms with Gasteiger partial charge in [0.15, 0.2) is 0 Å². The summed E-state index contributed by atoms with van der Waals surface area (Å²) in [6, 6.07) is -0.200. The third kappa shape index (κ3) is 3.74. The minimum absolute atomic E-state index is 0.0352. The molecular formula is C14H22N4O3. The maximum Gasteiger partial charge on any atom is 0.317 e. The van der Waals surface area contributed by atoms with Gasteiger partial charge in [-0.25, -0.2) is 9.78 Å². The van der Waals surface area contributed by atoms with Crippen LogP contribution in [0, 0.1) is 11.8 Å². The van der Waals surface area contributed by atoms with E-state index in [-0.39, 0.29) is 17.9 Å². The lowest BCUT2D eigenvalue weighted by atomic mass is 9.96. The summed E-state index contributed by atoms with van der Waals surface area (Å²) in [7, 11) is 3.58. The molecule has 0 aliphatic heterocycles. The third-order valence-corrected chi connectivity index (χ3v) is 4.14. The molecule has 2 rings (SSSR count). The number of hydrogen-bond acceptors (Lipinski definition) is 3.